The van der Waals surface area contributed by atoms with Crippen molar-refractivity contribution >= 4 is 33.9 Å². The van der Waals surface area contributed by atoms with Crippen LogP contribution in [0.15, 0.2) is 24.3 Å². The van der Waals surface area contributed by atoms with Crippen molar-refractivity contribution in [3.8, 4) is 0 Å². The van der Waals surface area contributed by atoms with E-state index in [-0.39, 0.29) is 10.9 Å². The lowest BCUT2D eigenvalue weighted by atomic mass is 10.2. The molecule has 8 nitrogen and oxygen atoms in total. The molecule has 0 unspecified atom stereocenters. The number of carbonyl (C=O) groups excluding carboxylic acids is 2. The van der Waals surface area contributed by atoms with E-state index in [9.17, 15) is 9.59 Å². The minimum absolute atomic E-state index is 0.285. The topological polar surface area (TPSA) is 98.5 Å². The van der Waals surface area contributed by atoms with Crippen LogP contribution in [0.3, 0.4) is 0 Å². The summed E-state index contributed by atoms with van der Waals surface area (Å²) in [6.07, 6.45) is 0. The molecular weight excluding hydrogens is 318 g/mol. The number of carbonyl (C=O) groups is 2. The maximum Gasteiger partial charge on any atom is 0.338 e. The van der Waals surface area contributed by atoms with E-state index < -0.39 is 5.97 Å². The number of hydrogen-bond acceptors (Lipinski definition) is 7. The van der Waals surface area contributed by atoms with Crippen molar-refractivity contribution < 1.29 is 14.3 Å². The molecule has 0 radical (unpaired) electrons. The molecule has 0 fully saturated rings. The molecule has 3 aromatic rings. The number of aromatic nitrogens is 4. The van der Waals surface area contributed by atoms with Gasteiger partial charge >= 0.3 is 5.97 Å². The highest BCUT2D eigenvalue weighted by molar-refractivity contribution is 7.18. The molecular formula is C14H13N5O3S. The number of fused-ring (bicyclic) bond motifs is 1. The van der Waals surface area contributed by atoms with Gasteiger partial charge in [-0.25, -0.2) is 4.79 Å². The summed E-state index contributed by atoms with van der Waals surface area (Å²) in [7, 11) is 0. The molecule has 0 saturated carbocycles. The Balaban J connectivity index is 1.73. The fourth-order valence-corrected chi connectivity index (χ4v) is 2.68. The molecule has 0 atom stereocenters. The van der Waals surface area contributed by atoms with E-state index in [2.05, 4.69) is 20.6 Å². The standard InChI is InChI=1S/C14H13N5O3S/c1-3-22-13(21)9-4-6-10(7-5-9)15-11(20)12-18-19-8(2)16-17-14(19)23-12/h4-7H,3H2,1-2H3,(H,15,20). The Hall–Kier alpha value is -2.81. The van der Waals surface area contributed by atoms with E-state index in [1.54, 1.807) is 38.1 Å². The summed E-state index contributed by atoms with van der Waals surface area (Å²) >= 11 is 1.15. The quantitative estimate of drug-likeness (QED) is 0.733. The van der Waals surface area contributed by atoms with Gasteiger partial charge in [-0.2, -0.15) is 4.52 Å². The second-order valence-corrected chi connectivity index (χ2v) is 5.56. The summed E-state index contributed by atoms with van der Waals surface area (Å²) in [6, 6.07) is 6.46. The highest BCUT2D eigenvalue weighted by atomic mass is 32.1. The molecule has 0 spiro atoms. The van der Waals surface area contributed by atoms with Gasteiger partial charge in [-0.1, -0.05) is 11.3 Å². The van der Waals surface area contributed by atoms with E-state index >= 15 is 0 Å². The molecule has 0 aliphatic rings. The lowest BCUT2D eigenvalue weighted by Gasteiger charge is -2.04. The maximum absolute atomic E-state index is 12.2. The number of nitrogens with one attached hydrogen (secondary N) is 1. The molecule has 0 aliphatic carbocycles. The van der Waals surface area contributed by atoms with Crippen molar-refractivity contribution in [2.45, 2.75) is 13.8 Å². The molecule has 2 aromatic heterocycles. The van der Waals surface area contributed by atoms with Gasteiger partial charge in [-0.05, 0) is 38.1 Å². The van der Waals surface area contributed by atoms with Crippen LogP contribution >= 0.6 is 11.3 Å². The van der Waals surface area contributed by atoms with Crippen LogP contribution in [0.4, 0.5) is 5.69 Å². The predicted molar refractivity (Wildman–Crippen MR) is 83.7 cm³/mol. The van der Waals surface area contributed by atoms with Crippen molar-refractivity contribution in [2.24, 2.45) is 0 Å². The number of anilines is 1. The van der Waals surface area contributed by atoms with Gasteiger partial charge in [-0.15, -0.1) is 15.3 Å². The fraction of sp³-hybridized carbons (Fsp3) is 0.214. The van der Waals surface area contributed by atoms with Crippen molar-refractivity contribution in [3.63, 3.8) is 0 Å². The van der Waals surface area contributed by atoms with Crippen molar-refractivity contribution in [3.05, 3.63) is 40.7 Å². The Labute approximate surface area is 135 Å². The number of aryl methyl sites for hydroxylation is 1. The molecule has 1 amide bonds. The van der Waals surface area contributed by atoms with Crippen LogP contribution in [0.2, 0.25) is 0 Å². The van der Waals surface area contributed by atoms with Crippen LogP contribution in [0.5, 0.6) is 0 Å². The van der Waals surface area contributed by atoms with Gasteiger partial charge in [0.15, 0.2) is 5.82 Å². The summed E-state index contributed by atoms with van der Waals surface area (Å²) in [4.78, 5) is 24.3. The molecule has 0 bridgehead atoms. The molecule has 1 N–H and O–H groups in total. The zero-order valence-corrected chi connectivity index (χ0v) is 13.3. The van der Waals surface area contributed by atoms with Gasteiger partial charge in [-0.3, -0.25) is 4.79 Å². The molecule has 9 heteroatoms. The zero-order chi connectivity index (χ0) is 16.4. The van der Waals surface area contributed by atoms with Crippen LogP contribution in [-0.4, -0.2) is 38.3 Å². The van der Waals surface area contributed by atoms with E-state index in [1.165, 1.54) is 4.52 Å². The van der Waals surface area contributed by atoms with Gasteiger partial charge < -0.3 is 10.1 Å². The molecule has 0 aliphatic heterocycles. The van der Waals surface area contributed by atoms with E-state index in [0.717, 1.165) is 11.3 Å². The third-order valence-corrected chi connectivity index (χ3v) is 3.89. The van der Waals surface area contributed by atoms with Crippen LogP contribution in [0.25, 0.3) is 4.96 Å². The Kier molecular flexibility index (Phi) is 4.02. The minimum atomic E-state index is -0.394. The second-order valence-electron chi connectivity index (χ2n) is 4.60. The largest absolute Gasteiger partial charge is 0.462 e. The smallest absolute Gasteiger partial charge is 0.338 e. The Bertz CT molecular complexity index is 868. The molecule has 2 heterocycles. The van der Waals surface area contributed by atoms with Gasteiger partial charge in [0.1, 0.15) is 0 Å². The summed E-state index contributed by atoms with van der Waals surface area (Å²) in [5, 5.41) is 15.0. The zero-order valence-electron chi connectivity index (χ0n) is 12.4. The summed E-state index contributed by atoms with van der Waals surface area (Å²) in [6.45, 7) is 3.82. The van der Waals surface area contributed by atoms with Crippen molar-refractivity contribution in [2.75, 3.05) is 11.9 Å². The Morgan fingerprint density at radius 2 is 2.00 bits per heavy atom. The number of hydrogen-bond donors (Lipinski definition) is 1. The van der Waals surface area contributed by atoms with E-state index in [1.807, 2.05) is 0 Å². The van der Waals surface area contributed by atoms with Gasteiger partial charge in [0.25, 0.3) is 5.91 Å². The monoisotopic (exact) mass is 331 g/mol. The molecule has 1 aromatic carbocycles. The number of ether oxygens (including phenoxy) is 1. The number of amides is 1. The van der Waals surface area contributed by atoms with Gasteiger partial charge in [0.05, 0.1) is 12.2 Å². The highest BCUT2D eigenvalue weighted by Crippen LogP contribution is 2.16. The van der Waals surface area contributed by atoms with Gasteiger partial charge in [0, 0.05) is 5.69 Å². The first-order valence-electron chi connectivity index (χ1n) is 6.86. The number of benzene rings is 1. The van der Waals surface area contributed by atoms with Crippen LogP contribution in [-0.2, 0) is 4.74 Å². The third-order valence-electron chi connectivity index (χ3n) is 2.99. The van der Waals surface area contributed by atoms with Crippen LogP contribution in [0, 0.1) is 6.92 Å². The molecule has 3 rings (SSSR count). The minimum Gasteiger partial charge on any atom is -0.462 e. The van der Waals surface area contributed by atoms with Crippen molar-refractivity contribution in [1.29, 1.82) is 0 Å². The molecule has 118 valence electrons. The first-order valence-corrected chi connectivity index (χ1v) is 7.67. The lowest BCUT2D eigenvalue weighted by Crippen LogP contribution is -2.12. The summed E-state index contributed by atoms with van der Waals surface area (Å²) in [5.74, 6) is -0.118. The lowest BCUT2D eigenvalue weighted by molar-refractivity contribution is 0.0526. The predicted octanol–water partition coefficient (Wildman–Crippen LogP) is 1.92. The average Bonchev–Trinajstić information content (AvgIpc) is 3.11. The normalized spacial score (nSPS) is 10.7. The SMILES string of the molecule is CCOC(=O)c1ccc(NC(=O)c2nn3c(C)nnc3s2)cc1. The first-order chi connectivity index (χ1) is 11.1. The van der Waals surface area contributed by atoms with Crippen LogP contribution < -0.4 is 5.32 Å². The number of esters is 1. The average molecular weight is 331 g/mol. The van der Waals surface area contributed by atoms with E-state index in [4.69, 9.17) is 4.74 Å². The van der Waals surface area contributed by atoms with Gasteiger partial charge in [0.2, 0.25) is 9.97 Å². The molecule has 23 heavy (non-hydrogen) atoms. The van der Waals surface area contributed by atoms with E-state index in [0.29, 0.717) is 28.6 Å². The molecule has 0 saturated heterocycles. The number of nitrogens with zero attached hydrogens (tertiary/aromatic N) is 4. The number of rotatable bonds is 4. The highest BCUT2D eigenvalue weighted by Gasteiger charge is 2.15. The maximum atomic E-state index is 12.2. The second kappa shape index (κ2) is 6.13. The Morgan fingerprint density at radius 3 is 2.65 bits per heavy atom. The Morgan fingerprint density at radius 1 is 1.26 bits per heavy atom. The van der Waals surface area contributed by atoms with Crippen LogP contribution in [0.1, 0.15) is 32.9 Å². The summed E-state index contributed by atoms with van der Waals surface area (Å²) < 4.78 is 6.42. The first kappa shape index (κ1) is 15.1. The third kappa shape index (κ3) is 3.04. The van der Waals surface area contributed by atoms with Crippen molar-refractivity contribution in [1.82, 2.24) is 19.8 Å². The summed E-state index contributed by atoms with van der Waals surface area (Å²) in [5.41, 5.74) is 0.991. The fourth-order valence-electron chi connectivity index (χ4n) is 1.90.